The average Bonchev–Trinajstić information content (AvgIpc) is 2.49. The number of nitrogens with one attached hydrogen (secondary N) is 3. The van der Waals surface area contributed by atoms with Gasteiger partial charge in [-0.15, -0.1) is 24.0 Å². The Balaban J connectivity index is 0.00000441. The number of benzene rings is 1. The van der Waals surface area contributed by atoms with Crippen molar-refractivity contribution in [2.75, 3.05) is 19.6 Å². The van der Waals surface area contributed by atoms with Crippen molar-refractivity contribution in [2.24, 2.45) is 4.99 Å². The molecule has 3 N–H and O–H groups in total. The lowest BCUT2D eigenvalue weighted by Crippen LogP contribution is -2.43. The topological polar surface area (TPSA) is 65.5 Å². The summed E-state index contributed by atoms with van der Waals surface area (Å²) < 4.78 is 13.5. The minimum Gasteiger partial charge on any atom is -0.357 e. The normalized spacial score (nSPS) is 10.6. The summed E-state index contributed by atoms with van der Waals surface area (Å²) in [6.07, 6.45) is 0.896. The first-order valence-corrected chi connectivity index (χ1v) is 7.19. The molecule has 0 saturated heterocycles. The number of carbonyl (C=O) groups excluding carboxylic acids is 1. The van der Waals surface area contributed by atoms with Crippen LogP contribution in [0.1, 0.15) is 25.8 Å². The van der Waals surface area contributed by atoms with E-state index in [0.29, 0.717) is 24.6 Å². The van der Waals surface area contributed by atoms with Gasteiger partial charge in [-0.05, 0) is 19.4 Å². The van der Waals surface area contributed by atoms with Crippen molar-refractivity contribution < 1.29 is 9.18 Å². The van der Waals surface area contributed by atoms with Crippen LogP contribution in [0, 0.1) is 5.82 Å². The molecule has 0 aliphatic heterocycles. The molecule has 0 aliphatic rings. The fourth-order valence-corrected chi connectivity index (χ4v) is 1.62. The van der Waals surface area contributed by atoms with Gasteiger partial charge in [-0.2, -0.15) is 0 Å². The third kappa shape index (κ3) is 8.16. The minimum atomic E-state index is -0.280. The zero-order valence-electron chi connectivity index (χ0n) is 13.0. The number of hydrogen-bond donors (Lipinski definition) is 3. The number of carbonyl (C=O) groups is 1. The van der Waals surface area contributed by atoms with Gasteiger partial charge in [-0.25, -0.2) is 9.38 Å². The number of hydrogen-bond acceptors (Lipinski definition) is 2. The highest BCUT2D eigenvalue weighted by Gasteiger charge is 2.04. The quantitative estimate of drug-likeness (QED) is 0.358. The molecule has 5 nitrogen and oxygen atoms in total. The lowest BCUT2D eigenvalue weighted by atomic mass is 10.2. The first-order chi connectivity index (χ1) is 10.2. The molecule has 0 bridgehead atoms. The van der Waals surface area contributed by atoms with Gasteiger partial charge in [0.2, 0.25) is 5.91 Å². The molecule has 0 fully saturated rings. The molecular formula is C15H24FIN4O. The first-order valence-electron chi connectivity index (χ1n) is 7.19. The summed E-state index contributed by atoms with van der Waals surface area (Å²) >= 11 is 0. The molecule has 0 heterocycles. The van der Waals surface area contributed by atoms with Gasteiger partial charge in [-0.3, -0.25) is 4.79 Å². The highest BCUT2D eigenvalue weighted by atomic mass is 127. The van der Waals surface area contributed by atoms with Crippen LogP contribution in [0.15, 0.2) is 29.3 Å². The Morgan fingerprint density at radius 1 is 1.18 bits per heavy atom. The van der Waals surface area contributed by atoms with Gasteiger partial charge < -0.3 is 16.0 Å². The second-order valence-electron chi connectivity index (χ2n) is 4.49. The van der Waals surface area contributed by atoms with E-state index in [2.05, 4.69) is 20.9 Å². The molecule has 0 atom stereocenters. The molecule has 0 saturated carbocycles. The van der Waals surface area contributed by atoms with Crippen molar-refractivity contribution in [2.45, 2.75) is 26.8 Å². The fourth-order valence-electron chi connectivity index (χ4n) is 1.62. The van der Waals surface area contributed by atoms with Gasteiger partial charge in [0.05, 0.1) is 13.1 Å². The fraction of sp³-hybridized carbons (Fsp3) is 0.467. The summed E-state index contributed by atoms with van der Waals surface area (Å²) in [6.45, 7) is 5.61. The Morgan fingerprint density at radius 2 is 1.91 bits per heavy atom. The maximum Gasteiger partial charge on any atom is 0.239 e. The van der Waals surface area contributed by atoms with Gasteiger partial charge in [0.25, 0.3) is 0 Å². The van der Waals surface area contributed by atoms with Crippen molar-refractivity contribution in [1.29, 1.82) is 0 Å². The monoisotopic (exact) mass is 422 g/mol. The molecule has 1 aromatic rings. The zero-order chi connectivity index (χ0) is 15.5. The van der Waals surface area contributed by atoms with Crippen molar-refractivity contribution in [3.05, 3.63) is 35.6 Å². The van der Waals surface area contributed by atoms with E-state index in [1.54, 1.807) is 18.2 Å². The second-order valence-corrected chi connectivity index (χ2v) is 4.49. The molecule has 0 spiro atoms. The molecule has 0 radical (unpaired) electrons. The van der Waals surface area contributed by atoms with E-state index in [0.717, 1.165) is 6.42 Å². The zero-order valence-corrected chi connectivity index (χ0v) is 15.3. The van der Waals surface area contributed by atoms with Crippen molar-refractivity contribution in [3.8, 4) is 0 Å². The third-order valence-electron chi connectivity index (χ3n) is 2.70. The highest BCUT2D eigenvalue weighted by Crippen LogP contribution is 2.07. The Kier molecular flexibility index (Phi) is 11.4. The number of nitrogens with zero attached hydrogens (tertiary/aromatic N) is 1. The van der Waals surface area contributed by atoms with Crippen LogP contribution in [0.4, 0.5) is 4.39 Å². The summed E-state index contributed by atoms with van der Waals surface area (Å²) in [5.74, 6) is 0.124. The van der Waals surface area contributed by atoms with Gasteiger partial charge in [0.1, 0.15) is 5.82 Å². The maximum absolute atomic E-state index is 13.5. The van der Waals surface area contributed by atoms with Crippen LogP contribution in [0.3, 0.4) is 0 Å². The molecule has 0 unspecified atom stereocenters. The summed E-state index contributed by atoms with van der Waals surface area (Å²) in [5.41, 5.74) is 0.519. The van der Waals surface area contributed by atoms with Crippen LogP contribution in [0.5, 0.6) is 0 Å². The lowest BCUT2D eigenvalue weighted by molar-refractivity contribution is -0.120. The summed E-state index contributed by atoms with van der Waals surface area (Å²) in [7, 11) is 0. The predicted octanol–water partition coefficient (Wildman–Crippen LogP) is 2.02. The number of halogens is 2. The van der Waals surface area contributed by atoms with Gasteiger partial charge in [0, 0.05) is 18.7 Å². The van der Waals surface area contributed by atoms with E-state index in [-0.39, 0.29) is 48.8 Å². The summed E-state index contributed by atoms with van der Waals surface area (Å²) in [4.78, 5) is 15.8. The van der Waals surface area contributed by atoms with Crippen molar-refractivity contribution in [1.82, 2.24) is 16.0 Å². The van der Waals surface area contributed by atoms with Gasteiger partial charge >= 0.3 is 0 Å². The van der Waals surface area contributed by atoms with E-state index in [9.17, 15) is 9.18 Å². The van der Waals surface area contributed by atoms with E-state index >= 15 is 0 Å². The van der Waals surface area contributed by atoms with Crippen LogP contribution >= 0.6 is 24.0 Å². The predicted molar refractivity (Wildman–Crippen MR) is 97.9 cm³/mol. The van der Waals surface area contributed by atoms with Crippen molar-refractivity contribution in [3.63, 3.8) is 0 Å². The van der Waals surface area contributed by atoms with E-state index in [1.165, 1.54) is 6.07 Å². The van der Waals surface area contributed by atoms with Gasteiger partial charge in [0.15, 0.2) is 5.96 Å². The number of amides is 1. The third-order valence-corrected chi connectivity index (χ3v) is 2.70. The van der Waals surface area contributed by atoms with E-state index in [4.69, 9.17) is 0 Å². The van der Waals surface area contributed by atoms with Gasteiger partial charge in [-0.1, -0.05) is 25.1 Å². The molecular weight excluding hydrogens is 398 g/mol. The Hall–Kier alpha value is -1.38. The summed E-state index contributed by atoms with van der Waals surface area (Å²) in [6, 6.07) is 6.51. The molecule has 7 heteroatoms. The molecule has 22 heavy (non-hydrogen) atoms. The molecule has 1 rings (SSSR count). The second kappa shape index (κ2) is 12.2. The van der Waals surface area contributed by atoms with Crippen LogP contribution in [-0.4, -0.2) is 31.5 Å². The minimum absolute atomic E-state index is 0. The molecule has 124 valence electrons. The largest absolute Gasteiger partial charge is 0.357 e. The number of guanidine groups is 1. The van der Waals surface area contributed by atoms with Crippen LogP contribution in [0.25, 0.3) is 0 Å². The van der Waals surface area contributed by atoms with E-state index in [1.807, 2.05) is 13.8 Å². The molecule has 1 amide bonds. The Bertz CT molecular complexity index is 482. The SMILES string of the molecule is CCCNC(=O)CNC(=NCc1ccccc1F)NCC.I. The lowest BCUT2D eigenvalue weighted by Gasteiger charge is -2.11. The smallest absolute Gasteiger partial charge is 0.239 e. The number of aliphatic imine (C=N–C) groups is 1. The van der Waals surface area contributed by atoms with Crippen molar-refractivity contribution >= 4 is 35.8 Å². The van der Waals surface area contributed by atoms with E-state index < -0.39 is 0 Å². The van der Waals surface area contributed by atoms with Crippen LogP contribution < -0.4 is 16.0 Å². The average molecular weight is 422 g/mol. The highest BCUT2D eigenvalue weighted by molar-refractivity contribution is 14.0. The summed E-state index contributed by atoms with van der Waals surface area (Å²) in [5, 5.41) is 8.71. The molecule has 0 aliphatic carbocycles. The Labute approximate surface area is 148 Å². The van der Waals surface area contributed by atoms with Crippen LogP contribution in [0.2, 0.25) is 0 Å². The standard InChI is InChI=1S/C15H23FN4O.HI/c1-3-9-18-14(21)11-20-15(17-4-2)19-10-12-7-5-6-8-13(12)16;/h5-8H,3-4,9-11H2,1-2H3,(H,18,21)(H2,17,19,20);1H. The Morgan fingerprint density at radius 3 is 2.55 bits per heavy atom. The van der Waals surface area contributed by atoms with Crippen LogP contribution in [-0.2, 0) is 11.3 Å². The maximum atomic E-state index is 13.5. The molecule has 0 aromatic heterocycles. The molecule has 1 aromatic carbocycles. The first kappa shape index (κ1) is 20.6. The number of rotatable bonds is 7.